The van der Waals surface area contributed by atoms with Crippen LogP contribution >= 0.6 is 0 Å². The first-order chi connectivity index (χ1) is 15.6. The highest BCUT2D eigenvalue weighted by atomic mass is 16.7. The molecule has 4 aromatic heterocycles. The van der Waals surface area contributed by atoms with Crippen LogP contribution in [0.1, 0.15) is 0 Å². The highest BCUT2D eigenvalue weighted by molar-refractivity contribution is 5.76. The normalized spacial score (nSPS) is 13.7. The number of fused-ring (bicyclic) bond motifs is 2. The Kier molecular flexibility index (Phi) is 6.43. The number of H-pyrrole nitrogens is 1. The highest BCUT2D eigenvalue weighted by Gasteiger charge is 2.18. The van der Waals surface area contributed by atoms with E-state index in [9.17, 15) is 9.59 Å². The Balaban J connectivity index is 0.000000165. The summed E-state index contributed by atoms with van der Waals surface area (Å²) in [5.74, 6) is 1.24. The molecule has 0 aliphatic carbocycles. The zero-order valence-corrected chi connectivity index (χ0v) is 17.6. The van der Waals surface area contributed by atoms with E-state index in [0.29, 0.717) is 42.3 Å². The molecule has 1 fully saturated rings. The number of aromatic amines is 1. The molecule has 0 aromatic carbocycles. The van der Waals surface area contributed by atoms with Gasteiger partial charge in [0.25, 0.3) is 5.56 Å². The van der Waals surface area contributed by atoms with Crippen LogP contribution in [-0.2, 0) is 16.0 Å². The van der Waals surface area contributed by atoms with Crippen LogP contribution in [-0.4, -0.2) is 53.2 Å². The van der Waals surface area contributed by atoms with Crippen molar-refractivity contribution in [2.75, 3.05) is 27.4 Å². The van der Waals surface area contributed by atoms with Gasteiger partial charge in [-0.05, 0) is 12.1 Å². The molecule has 0 amide bonds. The Morgan fingerprint density at radius 1 is 0.969 bits per heavy atom. The summed E-state index contributed by atoms with van der Waals surface area (Å²) in [6.45, 7) is 1.47. The Hall–Kier alpha value is -3.76. The fourth-order valence-electron chi connectivity index (χ4n) is 3.24. The summed E-state index contributed by atoms with van der Waals surface area (Å²) in [4.78, 5) is 34.0. The SMILES string of the molecule is COc1cnc2ccc(=O)[nH]c2c1.COc1cnc2ccc(=O)n(CC3OCCO3)c2c1. The van der Waals surface area contributed by atoms with Gasteiger partial charge in [0.1, 0.15) is 11.5 Å². The van der Waals surface area contributed by atoms with Gasteiger partial charge in [0.05, 0.1) is 68.4 Å². The zero-order chi connectivity index (χ0) is 22.5. The predicted molar refractivity (Wildman–Crippen MR) is 117 cm³/mol. The monoisotopic (exact) mass is 438 g/mol. The maximum Gasteiger partial charge on any atom is 0.251 e. The lowest BCUT2D eigenvalue weighted by molar-refractivity contribution is -0.0522. The number of hydrogen-bond acceptors (Lipinski definition) is 8. The third-order valence-electron chi connectivity index (χ3n) is 4.85. The van der Waals surface area contributed by atoms with Gasteiger partial charge in [-0.1, -0.05) is 0 Å². The Bertz CT molecular complexity index is 1340. The maximum absolute atomic E-state index is 12.0. The molecule has 1 aliphatic heterocycles. The minimum Gasteiger partial charge on any atom is -0.495 e. The standard InChI is InChI=1S/C13H14N2O4.C9H8N2O2/c1-17-9-6-11-10(14-7-9)2-3-12(16)15(11)8-13-18-4-5-19-13;1-13-6-4-8-7(10-5-6)2-3-9(12)11-8/h2-3,6-7,13H,4-5,8H2,1H3;2-5H,1H3,(H,11,12). The number of ether oxygens (including phenoxy) is 4. The van der Waals surface area contributed by atoms with Crippen LogP contribution < -0.4 is 20.6 Å². The van der Waals surface area contributed by atoms with Crippen LogP contribution in [0.3, 0.4) is 0 Å². The molecule has 0 radical (unpaired) electrons. The van der Waals surface area contributed by atoms with Crippen LogP contribution in [0.2, 0.25) is 0 Å². The van der Waals surface area contributed by atoms with Crippen molar-refractivity contribution in [3.8, 4) is 11.5 Å². The topological polar surface area (TPSA) is 118 Å². The molecule has 10 heteroatoms. The fraction of sp³-hybridized carbons (Fsp3) is 0.273. The van der Waals surface area contributed by atoms with Crippen molar-refractivity contribution < 1.29 is 18.9 Å². The van der Waals surface area contributed by atoms with Crippen LogP contribution in [0.15, 0.2) is 58.4 Å². The van der Waals surface area contributed by atoms with Crippen molar-refractivity contribution in [2.24, 2.45) is 0 Å². The van der Waals surface area contributed by atoms with Crippen molar-refractivity contribution >= 4 is 22.1 Å². The summed E-state index contributed by atoms with van der Waals surface area (Å²) in [6, 6.07) is 9.85. The quantitative estimate of drug-likeness (QED) is 0.512. The summed E-state index contributed by atoms with van der Waals surface area (Å²) < 4.78 is 22.5. The number of rotatable bonds is 4. The molecule has 0 saturated carbocycles. The molecule has 32 heavy (non-hydrogen) atoms. The highest BCUT2D eigenvalue weighted by Crippen LogP contribution is 2.18. The third-order valence-corrected chi connectivity index (χ3v) is 4.85. The average molecular weight is 438 g/mol. The van der Waals surface area contributed by atoms with Gasteiger partial charge in [0.2, 0.25) is 5.56 Å². The van der Waals surface area contributed by atoms with E-state index in [-0.39, 0.29) is 17.4 Å². The summed E-state index contributed by atoms with van der Waals surface area (Å²) in [7, 11) is 3.13. The van der Waals surface area contributed by atoms with Gasteiger partial charge >= 0.3 is 0 Å². The summed E-state index contributed by atoms with van der Waals surface area (Å²) in [5.41, 5.74) is 2.64. The van der Waals surface area contributed by atoms with Crippen molar-refractivity contribution in [3.05, 3.63) is 69.5 Å². The van der Waals surface area contributed by atoms with Crippen LogP contribution in [0.4, 0.5) is 0 Å². The van der Waals surface area contributed by atoms with Crippen molar-refractivity contribution in [2.45, 2.75) is 12.8 Å². The minimum absolute atomic E-state index is 0.110. The molecular formula is C22H22N4O6. The molecule has 166 valence electrons. The Labute approximate surface area is 182 Å². The van der Waals surface area contributed by atoms with E-state index in [1.54, 1.807) is 55.4 Å². The molecule has 1 N–H and O–H groups in total. The van der Waals surface area contributed by atoms with Crippen molar-refractivity contribution in [3.63, 3.8) is 0 Å². The summed E-state index contributed by atoms with van der Waals surface area (Å²) in [6.07, 6.45) is 2.86. The maximum atomic E-state index is 12.0. The number of methoxy groups -OCH3 is 2. The number of pyridine rings is 4. The Morgan fingerprint density at radius 2 is 1.62 bits per heavy atom. The van der Waals surface area contributed by atoms with Gasteiger partial charge < -0.3 is 28.5 Å². The second kappa shape index (κ2) is 9.58. The average Bonchev–Trinajstić information content (AvgIpc) is 3.34. The van der Waals surface area contributed by atoms with E-state index < -0.39 is 0 Å². The first kappa shape index (κ1) is 21.5. The lowest BCUT2D eigenvalue weighted by Crippen LogP contribution is -2.27. The predicted octanol–water partition coefficient (Wildman–Crippen LogP) is 1.71. The lowest BCUT2D eigenvalue weighted by atomic mass is 10.3. The molecule has 0 bridgehead atoms. The fourth-order valence-corrected chi connectivity index (χ4v) is 3.24. The smallest absolute Gasteiger partial charge is 0.251 e. The third kappa shape index (κ3) is 4.76. The summed E-state index contributed by atoms with van der Waals surface area (Å²) >= 11 is 0. The molecule has 10 nitrogen and oxygen atoms in total. The van der Waals surface area contributed by atoms with Crippen LogP contribution in [0, 0.1) is 0 Å². The van der Waals surface area contributed by atoms with E-state index in [0.717, 1.165) is 11.0 Å². The number of nitrogens with one attached hydrogen (secondary N) is 1. The number of aromatic nitrogens is 4. The zero-order valence-electron chi connectivity index (χ0n) is 17.6. The van der Waals surface area contributed by atoms with Crippen molar-refractivity contribution in [1.29, 1.82) is 0 Å². The number of nitrogens with zero attached hydrogens (tertiary/aromatic N) is 3. The van der Waals surface area contributed by atoms with Gasteiger partial charge in [-0.2, -0.15) is 0 Å². The van der Waals surface area contributed by atoms with Crippen molar-refractivity contribution in [1.82, 2.24) is 19.5 Å². The lowest BCUT2D eigenvalue weighted by Gasteiger charge is -2.14. The van der Waals surface area contributed by atoms with E-state index in [2.05, 4.69) is 15.0 Å². The van der Waals surface area contributed by atoms with Crippen LogP contribution in [0.5, 0.6) is 11.5 Å². The van der Waals surface area contributed by atoms with Gasteiger partial charge in [-0.15, -0.1) is 0 Å². The van der Waals surface area contributed by atoms with Crippen LogP contribution in [0.25, 0.3) is 22.1 Å². The molecule has 5 heterocycles. The Morgan fingerprint density at radius 3 is 2.34 bits per heavy atom. The summed E-state index contributed by atoms with van der Waals surface area (Å²) in [5, 5.41) is 0. The minimum atomic E-state index is -0.380. The van der Waals surface area contributed by atoms with Gasteiger partial charge in [-0.3, -0.25) is 19.6 Å². The van der Waals surface area contributed by atoms with E-state index in [4.69, 9.17) is 18.9 Å². The molecule has 5 rings (SSSR count). The molecule has 4 aromatic rings. The second-order valence-electron chi connectivity index (χ2n) is 6.86. The van der Waals surface area contributed by atoms with E-state index in [1.165, 1.54) is 12.1 Å². The molecular weight excluding hydrogens is 416 g/mol. The van der Waals surface area contributed by atoms with E-state index in [1.807, 2.05) is 0 Å². The first-order valence-corrected chi connectivity index (χ1v) is 9.87. The molecule has 0 unspecified atom stereocenters. The van der Waals surface area contributed by atoms with E-state index >= 15 is 0 Å². The molecule has 1 aliphatic rings. The largest absolute Gasteiger partial charge is 0.495 e. The number of hydrogen-bond donors (Lipinski definition) is 1. The first-order valence-electron chi connectivity index (χ1n) is 9.87. The molecule has 1 saturated heterocycles. The molecule has 0 atom stereocenters. The van der Waals surface area contributed by atoms with Gasteiger partial charge in [-0.25, -0.2) is 0 Å². The van der Waals surface area contributed by atoms with Gasteiger partial charge in [0.15, 0.2) is 6.29 Å². The molecule has 0 spiro atoms. The van der Waals surface area contributed by atoms with Gasteiger partial charge in [0, 0.05) is 24.3 Å². The second-order valence-corrected chi connectivity index (χ2v) is 6.86.